The van der Waals surface area contributed by atoms with Crippen LogP contribution in [0.4, 0.5) is 10.8 Å². The van der Waals surface area contributed by atoms with E-state index in [0.717, 1.165) is 12.8 Å². The lowest BCUT2D eigenvalue weighted by Gasteiger charge is -2.36. The smallest absolute Gasteiger partial charge is 0.344 e. The maximum atomic E-state index is 11.9. The van der Waals surface area contributed by atoms with E-state index in [9.17, 15) is 4.79 Å². The van der Waals surface area contributed by atoms with Crippen molar-refractivity contribution < 1.29 is 14.3 Å². The van der Waals surface area contributed by atoms with E-state index in [4.69, 9.17) is 15.2 Å². The molecule has 2 rings (SSSR count). The van der Waals surface area contributed by atoms with E-state index in [1.807, 2.05) is 0 Å². The van der Waals surface area contributed by atoms with Gasteiger partial charge in [0.1, 0.15) is 10.6 Å². The lowest BCUT2D eigenvalue weighted by Crippen LogP contribution is -2.40. The lowest BCUT2D eigenvalue weighted by molar-refractivity contribution is -0.0552. The maximum Gasteiger partial charge on any atom is 0.344 e. The number of rotatable bonds is 4. The minimum atomic E-state index is -0.424. The summed E-state index contributed by atoms with van der Waals surface area (Å²) in [5.74, 6) is -0.199. The fraction of sp³-hybridized carbons (Fsp3) is 0.692. The molecule has 0 amide bonds. The van der Waals surface area contributed by atoms with Gasteiger partial charge in [-0.05, 0) is 45.1 Å². The van der Waals surface area contributed by atoms with Crippen molar-refractivity contribution in [2.24, 2.45) is 0 Å². The highest BCUT2D eigenvalue weighted by atomic mass is 32.1. The first kappa shape index (κ1) is 15.1. The first-order valence-corrected chi connectivity index (χ1v) is 7.53. The van der Waals surface area contributed by atoms with Gasteiger partial charge >= 0.3 is 5.97 Å². The predicted octanol–water partition coefficient (Wildman–Crippen LogP) is 2.27. The average molecular weight is 299 g/mol. The monoisotopic (exact) mass is 299 g/mol. The maximum absolute atomic E-state index is 11.9. The molecule has 0 saturated carbocycles. The second-order valence-corrected chi connectivity index (χ2v) is 6.21. The third-order valence-electron chi connectivity index (χ3n) is 3.23. The Morgan fingerprint density at radius 1 is 1.65 bits per heavy atom. The predicted molar refractivity (Wildman–Crippen MR) is 79.2 cm³/mol. The zero-order valence-corrected chi connectivity index (χ0v) is 12.9. The molecule has 6 nitrogen and oxygen atoms in total. The summed E-state index contributed by atoms with van der Waals surface area (Å²) in [5, 5.41) is 4.04. The zero-order valence-electron chi connectivity index (χ0n) is 12.1. The second-order valence-electron chi connectivity index (χ2n) is 5.43. The first-order valence-electron chi connectivity index (χ1n) is 6.75. The number of nitrogens with zero attached hydrogens (tertiary/aromatic N) is 1. The fourth-order valence-corrected chi connectivity index (χ4v) is 3.12. The van der Waals surface area contributed by atoms with Gasteiger partial charge in [-0.3, -0.25) is 0 Å². The second kappa shape index (κ2) is 5.97. The van der Waals surface area contributed by atoms with Crippen LogP contribution in [0.2, 0.25) is 0 Å². The molecule has 1 fully saturated rings. The van der Waals surface area contributed by atoms with Crippen molar-refractivity contribution in [3.63, 3.8) is 0 Å². The molecular weight excluding hydrogens is 278 g/mol. The molecule has 1 aliphatic rings. The molecule has 1 aromatic rings. The quantitative estimate of drug-likeness (QED) is 0.829. The molecule has 112 valence electrons. The van der Waals surface area contributed by atoms with E-state index in [2.05, 4.69) is 23.5 Å². The van der Waals surface area contributed by atoms with Crippen LogP contribution in [0.15, 0.2) is 0 Å². The highest BCUT2D eigenvalue weighted by Crippen LogP contribution is 2.32. The lowest BCUT2D eigenvalue weighted by atomic mass is 9.94. The Morgan fingerprint density at radius 2 is 2.40 bits per heavy atom. The number of nitrogens with two attached hydrogens (primary N) is 1. The molecule has 3 N–H and O–H groups in total. The van der Waals surface area contributed by atoms with Gasteiger partial charge in [-0.2, -0.15) is 4.37 Å². The first-order chi connectivity index (χ1) is 9.43. The van der Waals surface area contributed by atoms with Crippen molar-refractivity contribution in [2.75, 3.05) is 24.3 Å². The van der Waals surface area contributed by atoms with Crippen LogP contribution >= 0.6 is 11.5 Å². The van der Waals surface area contributed by atoms with Crippen LogP contribution in [-0.4, -0.2) is 35.2 Å². The molecule has 0 spiro atoms. The van der Waals surface area contributed by atoms with Crippen LogP contribution in [0.5, 0.6) is 0 Å². The van der Waals surface area contributed by atoms with Crippen molar-refractivity contribution in [1.29, 1.82) is 0 Å². The van der Waals surface area contributed by atoms with Crippen molar-refractivity contribution in [3.8, 4) is 0 Å². The number of carbonyl (C=O) groups excluding carboxylic acids is 1. The van der Waals surface area contributed by atoms with Crippen molar-refractivity contribution in [2.45, 2.75) is 45.3 Å². The Morgan fingerprint density at radius 3 is 3.05 bits per heavy atom. The Hall–Kier alpha value is -1.34. The molecular formula is C13H21N3O3S. The number of nitrogen functional groups attached to an aromatic ring is 1. The Kier molecular flexibility index (Phi) is 4.49. The minimum Gasteiger partial charge on any atom is -0.462 e. The fourth-order valence-electron chi connectivity index (χ4n) is 2.34. The van der Waals surface area contributed by atoms with Crippen LogP contribution in [0.3, 0.4) is 0 Å². The number of anilines is 2. The summed E-state index contributed by atoms with van der Waals surface area (Å²) in [5.41, 5.74) is 5.96. The van der Waals surface area contributed by atoms with Gasteiger partial charge in [0.15, 0.2) is 5.82 Å². The van der Waals surface area contributed by atoms with E-state index >= 15 is 0 Å². The number of hydrogen-bond donors (Lipinski definition) is 2. The highest BCUT2D eigenvalue weighted by molar-refractivity contribution is 7.11. The van der Waals surface area contributed by atoms with Gasteiger partial charge in [-0.25, -0.2) is 4.79 Å². The number of ether oxygens (including phenoxy) is 2. The van der Waals surface area contributed by atoms with Crippen LogP contribution in [0.1, 0.15) is 44.0 Å². The molecule has 2 heterocycles. The van der Waals surface area contributed by atoms with Gasteiger partial charge in [-0.1, -0.05) is 0 Å². The third kappa shape index (κ3) is 3.40. The topological polar surface area (TPSA) is 86.5 Å². The summed E-state index contributed by atoms with van der Waals surface area (Å²) in [6, 6.07) is 0.242. The van der Waals surface area contributed by atoms with Gasteiger partial charge in [0.2, 0.25) is 0 Å². The summed E-state index contributed by atoms with van der Waals surface area (Å²) in [6.07, 6.45) is 1.76. The van der Waals surface area contributed by atoms with Gasteiger partial charge in [-0.15, -0.1) is 0 Å². The molecule has 0 aromatic carbocycles. The largest absolute Gasteiger partial charge is 0.462 e. The van der Waals surface area contributed by atoms with E-state index in [-0.39, 0.29) is 17.5 Å². The van der Waals surface area contributed by atoms with Crippen molar-refractivity contribution >= 4 is 28.3 Å². The number of nitrogens with one attached hydrogen (secondary N) is 1. The normalized spacial score (nSPS) is 21.4. The van der Waals surface area contributed by atoms with E-state index in [1.54, 1.807) is 6.92 Å². The van der Waals surface area contributed by atoms with E-state index in [0.29, 0.717) is 23.8 Å². The summed E-state index contributed by atoms with van der Waals surface area (Å²) in [6.45, 7) is 6.91. The van der Waals surface area contributed by atoms with Crippen LogP contribution < -0.4 is 11.1 Å². The molecule has 1 aromatic heterocycles. The molecule has 0 aliphatic carbocycles. The third-order valence-corrected chi connectivity index (χ3v) is 4.02. The van der Waals surface area contributed by atoms with E-state index in [1.165, 1.54) is 11.5 Å². The summed E-state index contributed by atoms with van der Waals surface area (Å²) < 4.78 is 14.8. The number of hydrogen-bond acceptors (Lipinski definition) is 7. The minimum absolute atomic E-state index is 0.157. The molecule has 0 bridgehead atoms. The number of carbonyl (C=O) groups is 1. The van der Waals surface area contributed by atoms with Crippen LogP contribution in [-0.2, 0) is 9.47 Å². The van der Waals surface area contributed by atoms with Crippen LogP contribution in [0.25, 0.3) is 0 Å². The van der Waals surface area contributed by atoms with Crippen LogP contribution in [0, 0.1) is 0 Å². The number of aromatic nitrogens is 1. The molecule has 0 radical (unpaired) electrons. The standard InChI is InChI=1S/C13H21N3O3S/c1-4-18-12(17)9-10(14)16-20-11(9)15-8-5-6-19-13(2,3)7-8/h8,15H,4-7H2,1-3H3,(H2,14,16). The molecule has 7 heteroatoms. The van der Waals surface area contributed by atoms with Gasteiger partial charge in [0, 0.05) is 12.6 Å². The highest BCUT2D eigenvalue weighted by Gasteiger charge is 2.30. The molecule has 1 aliphatic heterocycles. The SMILES string of the molecule is CCOC(=O)c1c(N)nsc1NC1CCOC(C)(C)C1. The molecule has 1 atom stereocenters. The van der Waals surface area contributed by atoms with Gasteiger partial charge in [0.05, 0.1) is 12.2 Å². The van der Waals surface area contributed by atoms with E-state index < -0.39 is 5.97 Å². The summed E-state index contributed by atoms with van der Waals surface area (Å²) in [4.78, 5) is 11.9. The molecule has 20 heavy (non-hydrogen) atoms. The Bertz CT molecular complexity index is 487. The summed E-state index contributed by atoms with van der Waals surface area (Å²) >= 11 is 1.20. The zero-order chi connectivity index (χ0) is 14.8. The Balaban J connectivity index is 2.11. The Labute approximate surface area is 122 Å². The molecule has 1 saturated heterocycles. The van der Waals surface area contributed by atoms with Gasteiger partial charge < -0.3 is 20.5 Å². The summed E-state index contributed by atoms with van der Waals surface area (Å²) in [7, 11) is 0. The van der Waals surface area contributed by atoms with Crippen molar-refractivity contribution in [3.05, 3.63) is 5.56 Å². The van der Waals surface area contributed by atoms with Crippen molar-refractivity contribution in [1.82, 2.24) is 4.37 Å². The van der Waals surface area contributed by atoms with Gasteiger partial charge in [0.25, 0.3) is 0 Å². The average Bonchev–Trinajstić information content (AvgIpc) is 2.69. The molecule has 1 unspecified atom stereocenters. The number of esters is 1.